The summed E-state index contributed by atoms with van der Waals surface area (Å²) in [7, 11) is -0.0427. The number of ether oxygens (including phenoxy) is 6. The zero-order valence-corrected chi connectivity index (χ0v) is 28.0. The first-order chi connectivity index (χ1) is 22.2. The van der Waals surface area contributed by atoms with Crippen LogP contribution < -0.4 is 11.2 Å². The minimum atomic E-state index is -3.12. The first-order valence-corrected chi connectivity index (χ1v) is 17.5. The third-order valence-corrected chi connectivity index (χ3v) is 9.48. The molecule has 1 aromatic heterocycles. The highest BCUT2D eigenvalue weighted by atomic mass is 31.2. The smallest absolute Gasteiger partial charge is 0.335 e. The normalized spacial score (nSPS) is 21.7. The third-order valence-electron chi connectivity index (χ3n) is 7.66. The highest BCUT2D eigenvalue weighted by Crippen LogP contribution is 2.46. The van der Waals surface area contributed by atoms with Gasteiger partial charge in [-0.3, -0.25) is 13.9 Å². The van der Waals surface area contributed by atoms with Crippen molar-refractivity contribution in [2.45, 2.75) is 64.4 Å². The molecular formula is C33H45N2O10P. The zero-order valence-electron chi connectivity index (χ0n) is 27.1. The van der Waals surface area contributed by atoms with Gasteiger partial charge in [-0.05, 0) is 25.0 Å². The van der Waals surface area contributed by atoms with Crippen LogP contribution in [0.5, 0.6) is 0 Å². The fourth-order valence-corrected chi connectivity index (χ4v) is 7.08. The number of aryl methyl sites for hydroxylation is 1. The molecule has 0 aliphatic carbocycles. The van der Waals surface area contributed by atoms with E-state index in [1.165, 1.54) is 17.9 Å². The van der Waals surface area contributed by atoms with Gasteiger partial charge in [-0.15, -0.1) is 0 Å². The summed E-state index contributed by atoms with van der Waals surface area (Å²) in [5.41, 5.74) is 1.02. The number of rotatable bonds is 18. The van der Waals surface area contributed by atoms with E-state index in [2.05, 4.69) is 0 Å². The number of benzene rings is 2. The molecule has 252 valence electrons. The molecule has 6 atom stereocenters. The van der Waals surface area contributed by atoms with Crippen molar-refractivity contribution in [1.82, 2.24) is 9.13 Å². The second-order valence-corrected chi connectivity index (χ2v) is 13.8. The van der Waals surface area contributed by atoms with Crippen molar-refractivity contribution in [2.24, 2.45) is 0 Å². The molecule has 0 spiro atoms. The molecule has 2 aromatic carbocycles. The van der Waals surface area contributed by atoms with E-state index in [-0.39, 0.29) is 45.9 Å². The van der Waals surface area contributed by atoms with Crippen molar-refractivity contribution in [2.75, 3.05) is 46.9 Å². The fraction of sp³-hybridized carbons (Fsp3) is 0.515. The van der Waals surface area contributed by atoms with Crippen LogP contribution >= 0.6 is 7.37 Å². The van der Waals surface area contributed by atoms with Crippen molar-refractivity contribution in [3.8, 4) is 0 Å². The first-order valence-electron chi connectivity index (χ1n) is 15.3. The lowest BCUT2D eigenvalue weighted by Crippen LogP contribution is -2.46. The predicted molar refractivity (Wildman–Crippen MR) is 172 cm³/mol. The highest BCUT2D eigenvalue weighted by Gasteiger charge is 2.51. The molecule has 0 saturated carbocycles. The van der Waals surface area contributed by atoms with Gasteiger partial charge in [-0.1, -0.05) is 60.7 Å². The Morgan fingerprint density at radius 1 is 0.935 bits per heavy atom. The Hall–Kier alpha value is -2.93. The van der Waals surface area contributed by atoms with E-state index in [9.17, 15) is 14.2 Å². The number of hydrogen-bond donors (Lipinski definition) is 0. The molecule has 0 amide bonds. The van der Waals surface area contributed by atoms with Crippen molar-refractivity contribution in [3.05, 3.63) is 104 Å². The maximum absolute atomic E-state index is 13.9. The Morgan fingerprint density at radius 2 is 1.59 bits per heavy atom. The van der Waals surface area contributed by atoms with Crippen molar-refractivity contribution in [3.63, 3.8) is 0 Å². The molecule has 46 heavy (non-hydrogen) atoms. The lowest BCUT2D eigenvalue weighted by Gasteiger charge is -2.30. The largest absolute Gasteiger partial charge is 0.382 e. The van der Waals surface area contributed by atoms with Gasteiger partial charge in [-0.25, -0.2) is 9.36 Å². The molecule has 1 fully saturated rings. The lowest BCUT2D eigenvalue weighted by molar-refractivity contribution is -0.111. The number of nitrogens with zero attached hydrogens (tertiary/aromatic N) is 2. The van der Waals surface area contributed by atoms with Gasteiger partial charge in [0.25, 0.3) is 5.56 Å². The summed E-state index contributed by atoms with van der Waals surface area (Å²) in [5.74, 6) is 0. The zero-order chi connectivity index (χ0) is 33.1. The highest BCUT2D eigenvalue weighted by molar-refractivity contribution is 7.58. The minimum Gasteiger partial charge on any atom is -0.382 e. The fourth-order valence-electron chi connectivity index (χ4n) is 5.47. The summed E-state index contributed by atoms with van der Waals surface area (Å²) in [6.45, 7) is 5.88. The number of methoxy groups -OCH3 is 2. The van der Waals surface area contributed by atoms with Gasteiger partial charge < -0.3 is 32.9 Å². The van der Waals surface area contributed by atoms with Gasteiger partial charge in [0.2, 0.25) is 7.37 Å². The second-order valence-electron chi connectivity index (χ2n) is 11.2. The summed E-state index contributed by atoms with van der Waals surface area (Å²) in [6, 6.07) is 19.1. The number of hydrogen-bond acceptors (Lipinski definition) is 10. The molecule has 4 rings (SSSR count). The van der Waals surface area contributed by atoms with E-state index in [1.807, 2.05) is 60.7 Å². The summed E-state index contributed by atoms with van der Waals surface area (Å²) in [6.07, 6.45) is -2.67. The predicted octanol–water partition coefficient (Wildman–Crippen LogP) is 3.97. The van der Waals surface area contributed by atoms with Crippen molar-refractivity contribution < 1.29 is 37.5 Å². The molecule has 0 bridgehead atoms. The van der Waals surface area contributed by atoms with Crippen LogP contribution in [0.4, 0.5) is 0 Å². The van der Waals surface area contributed by atoms with Gasteiger partial charge in [0.15, 0.2) is 6.23 Å². The maximum atomic E-state index is 13.9. The van der Waals surface area contributed by atoms with Gasteiger partial charge >= 0.3 is 5.69 Å². The molecule has 13 heteroatoms. The molecule has 2 unspecified atom stereocenters. The average molecular weight is 661 g/mol. The van der Waals surface area contributed by atoms with Crippen LogP contribution in [0.1, 0.15) is 29.8 Å². The Kier molecular flexibility index (Phi) is 13.5. The topological polar surface area (TPSA) is 126 Å². The van der Waals surface area contributed by atoms with Gasteiger partial charge in [0, 0.05) is 32.6 Å². The van der Waals surface area contributed by atoms with E-state index in [1.54, 1.807) is 27.6 Å². The Labute approximate surface area is 269 Å². The van der Waals surface area contributed by atoms with Gasteiger partial charge in [0.1, 0.15) is 25.0 Å². The Balaban J connectivity index is 1.69. The lowest BCUT2D eigenvalue weighted by atomic mass is 10.1. The van der Waals surface area contributed by atoms with Crippen LogP contribution in [-0.2, 0) is 57.5 Å². The quantitative estimate of drug-likeness (QED) is 0.146. The summed E-state index contributed by atoms with van der Waals surface area (Å²) < 4.78 is 57.6. The van der Waals surface area contributed by atoms with E-state index in [0.29, 0.717) is 5.56 Å². The second kappa shape index (κ2) is 17.3. The monoisotopic (exact) mass is 660 g/mol. The van der Waals surface area contributed by atoms with Crippen LogP contribution in [-0.4, -0.2) is 80.4 Å². The maximum Gasteiger partial charge on any atom is 0.335 e. The molecule has 2 heterocycles. The van der Waals surface area contributed by atoms with Crippen molar-refractivity contribution >= 4 is 7.37 Å². The molecule has 1 aliphatic rings. The molecule has 12 nitrogen and oxygen atoms in total. The van der Waals surface area contributed by atoms with E-state index in [0.717, 1.165) is 15.7 Å². The van der Waals surface area contributed by atoms with Crippen molar-refractivity contribution in [1.29, 1.82) is 0 Å². The Morgan fingerprint density at radius 3 is 2.20 bits per heavy atom. The summed E-state index contributed by atoms with van der Waals surface area (Å²) >= 11 is 0. The summed E-state index contributed by atoms with van der Waals surface area (Å²) in [4.78, 5) is 27.0. The minimum absolute atomic E-state index is 0.0382. The number of aromatic nitrogens is 2. The molecule has 0 N–H and O–H groups in total. The summed E-state index contributed by atoms with van der Waals surface area (Å²) in [5, 5.41) is 0. The van der Waals surface area contributed by atoms with E-state index in [4.69, 9.17) is 32.9 Å². The van der Waals surface area contributed by atoms with Gasteiger partial charge in [-0.2, -0.15) is 0 Å². The van der Waals surface area contributed by atoms with Crippen LogP contribution in [0.2, 0.25) is 0 Å². The molecule has 1 aliphatic heterocycles. The first kappa shape index (κ1) is 35.9. The molecule has 1 saturated heterocycles. The van der Waals surface area contributed by atoms with Crippen LogP contribution in [0.3, 0.4) is 0 Å². The average Bonchev–Trinajstić information content (AvgIpc) is 3.41. The van der Waals surface area contributed by atoms with E-state index >= 15 is 0 Å². The van der Waals surface area contributed by atoms with Crippen LogP contribution in [0.15, 0.2) is 76.4 Å². The van der Waals surface area contributed by atoms with Crippen LogP contribution in [0, 0.1) is 6.92 Å². The SMILES string of the molecule is CCOP(C)(=O)CC(OCc1ccccc1)[C@H]1O[C@@H](n2cc(C)c(=O)n(COCc3ccccc3)c2=O)[C@H](OCCOC)[C@@H]1OC. The molecule has 3 aromatic rings. The Bertz CT molecular complexity index is 1530. The third kappa shape index (κ3) is 9.33. The molecular weight excluding hydrogens is 615 g/mol. The van der Waals surface area contributed by atoms with E-state index < -0.39 is 49.3 Å². The van der Waals surface area contributed by atoms with Gasteiger partial charge in [0.05, 0.1) is 45.3 Å². The van der Waals surface area contributed by atoms with Crippen LogP contribution in [0.25, 0.3) is 0 Å². The molecule has 0 radical (unpaired) electrons. The standard InChI is InChI=1S/C33H45N2O10P/c1-6-44-46(5,38)22-27(43-21-26-15-11-8-12-16-26)28-29(40-4)30(42-18-17-39-3)32(45-28)34-19-24(2)31(36)35(33(34)37)23-41-20-25-13-9-7-10-14-25/h7-16,19,27-30,32H,6,17-18,20-23H2,1-5H3/t27?,28-,29-,30-,32-,46?/m1/s1.